The number of hydrogen-bond acceptors (Lipinski definition) is 10. The summed E-state index contributed by atoms with van der Waals surface area (Å²) >= 11 is 0.975. The fraction of sp³-hybridized carbons (Fsp3) is 0.130. The van der Waals surface area contributed by atoms with Crippen molar-refractivity contribution in [3.05, 3.63) is 70.8 Å². The highest BCUT2D eigenvalue weighted by molar-refractivity contribution is 7.99. The molecule has 0 spiro atoms. The summed E-state index contributed by atoms with van der Waals surface area (Å²) in [7, 11) is -1.00. The number of benzene rings is 3. The highest BCUT2D eigenvalue weighted by atomic mass is 32.2. The number of anilines is 2. The quantitative estimate of drug-likeness (QED) is 0.167. The third kappa shape index (κ3) is 6.10. The molecule has 0 aliphatic carbocycles. The lowest BCUT2D eigenvalue weighted by Gasteiger charge is -2.09. The number of amides is 1. The molecule has 0 bridgehead atoms. The average Bonchev–Trinajstić information content (AvgIpc) is 3.30. The lowest BCUT2D eigenvalue weighted by atomic mass is 10.2. The molecule has 3 aromatic carbocycles. The van der Waals surface area contributed by atoms with Gasteiger partial charge in [0.1, 0.15) is 17.0 Å². The maximum atomic E-state index is 12.8. The molecule has 192 valence electrons. The van der Waals surface area contributed by atoms with Crippen LogP contribution in [0.3, 0.4) is 0 Å². The van der Waals surface area contributed by atoms with Crippen molar-refractivity contribution < 1.29 is 32.0 Å². The van der Waals surface area contributed by atoms with Crippen LogP contribution in [-0.4, -0.2) is 44.2 Å². The first-order valence-corrected chi connectivity index (χ1v) is 13.0. The second-order valence-electron chi connectivity index (χ2n) is 7.42. The number of aromatic nitrogens is 1. The fourth-order valence-corrected chi connectivity index (χ4v) is 4.93. The first-order valence-electron chi connectivity index (χ1n) is 10.5. The highest BCUT2D eigenvalue weighted by Crippen LogP contribution is 2.30. The van der Waals surface area contributed by atoms with Crippen LogP contribution in [0.4, 0.5) is 17.1 Å². The molecule has 1 amide bonds. The molecule has 0 saturated carbocycles. The van der Waals surface area contributed by atoms with Crippen LogP contribution in [0.2, 0.25) is 0 Å². The van der Waals surface area contributed by atoms with Crippen LogP contribution in [0.15, 0.2) is 75.2 Å². The van der Waals surface area contributed by atoms with E-state index >= 15 is 0 Å². The van der Waals surface area contributed by atoms with Gasteiger partial charge in [0.25, 0.3) is 20.9 Å². The minimum absolute atomic E-state index is 0.0174. The lowest BCUT2D eigenvalue weighted by Crippen LogP contribution is -2.14. The zero-order valence-corrected chi connectivity index (χ0v) is 21.1. The van der Waals surface area contributed by atoms with Crippen LogP contribution in [-0.2, 0) is 14.8 Å². The molecule has 0 atom stereocenters. The predicted molar refractivity (Wildman–Crippen MR) is 137 cm³/mol. The number of rotatable bonds is 10. The minimum Gasteiger partial charge on any atom is -0.497 e. The van der Waals surface area contributed by atoms with Crippen molar-refractivity contribution in [3.63, 3.8) is 0 Å². The summed E-state index contributed by atoms with van der Waals surface area (Å²) in [6.45, 7) is 0. The van der Waals surface area contributed by atoms with E-state index in [9.17, 15) is 23.3 Å². The molecule has 0 fully saturated rings. The molecule has 4 aromatic rings. The Balaban J connectivity index is 1.44. The Kier molecular flexibility index (Phi) is 7.50. The number of nitrogens with zero attached hydrogens (tertiary/aromatic N) is 2. The number of oxazole rings is 1. The first kappa shape index (κ1) is 25.8. The Morgan fingerprint density at radius 1 is 1.08 bits per heavy atom. The molecule has 0 unspecified atom stereocenters. The van der Waals surface area contributed by atoms with Crippen molar-refractivity contribution in [1.82, 2.24) is 4.98 Å². The van der Waals surface area contributed by atoms with Crippen LogP contribution < -0.4 is 19.5 Å². The maximum absolute atomic E-state index is 12.8. The molecule has 1 aromatic heterocycles. The van der Waals surface area contributed by atoms with E-state index in [-0.39, 0.29) is 33.0 Å². The van der Waals surface area contributed by atoms with Gasteiger partial charge in [0.05, 0.1) is 35.5 Å². The molecule has 37 heavy (non-hydrogen) atoms. The Hall–Kier alpha value is -4.30. The largest absolute Gasteiger partial charge is 0.497 e. The van der Waals surface area contributed by atoms with Crippen LogP contribution >= 0.6 is 11.8 Å². The molecular formula is C23H20N4O8S2. The number of nitrogens with one attached hydrogen (secondary N) is 2. The molecule has 12 nitrogen and oxygen atoms in total. The summed E-state index contributed by atoms with van der Waals surface area (Å²) in [5.41, 5.74) is 0.949. The van der Waals surface area contributed by atoms with E-state index < -0.39 is 20.9 Å². The smallest absolute Gasteiger partial charge is 0.271 e. The Bertz CT molecular complexity index is 1570. The van der Waals surface area contributed by atoms with Crippen molar-refractivity contribution in [2.45, 2.75) is 10.1 Å². The molecule has 14 heteroatoms. The fourth-order valence-electron chi connectivity index (χ4n) is 3.21. The molecule has 0 radical (unpaired) electrons. The molecule has 4 rings (SSSR count). The number of non-ortho nitro benzene ring substituents is 1. The van der Waals surface area contributed by atoms with Gasteiger partial charge >= 0.3 is 0 Å². The van der Waals surface area contributed by atoms with Crippen molar-refractivity contribution in [2.75, 3.05) is 30.0 Å². The monoisotopic (exact) mass is 544 g/mol. The minimum atomic E-state index is -3.89. The van der Waals surface area contributed by atoms with Crippen LogP contribution in [0.25, 0.3) is 11.1 Å². The number of carbonyl (C=O) groups excluding carboxylic acids is 1. The van der Waals surface area contributed by atoms with Gasteiger partial charge in [-0.2, -0.15) is 0 Å². The van der Waals surface area contributed by atoms with Gasteiger partial charge in [-0.05, 0) is 48.5 Å². The topological polar surface area (TPSA) is 163 Å². The number of thioether (sulfide) groups is 1. The summed E-state index contributed by atoms with van der Waals surface area (Å²) in [6.07, 6.45) is 0. The van der Waals surface area contributed by atoms with Gasteiger partial charge in [-0.3, -0.25) is 19.6 Å². The van der Waals surface area contributed by atoms with Gasteiger partial charge in [-0.15, -0.1) is 0 Å². The summed E-state index contributed by atoms with van der Waals surface area (Å²) in [5.74, 6) is 0.263. The second kappa shape index (κ2) is 10.8. The standard InChI is InChI=1S/C23H20N4O8S2/c1-33-16-6-3-14(4-7-16)26-37(31,32)17-8-10-21-19(12-17)25-23(35-21)36-13-22(28)24-18-11-15(27(29)30)5-9-20(18)34-2/h3-12,26H,13H2,1-2H3,(H,24,28). The lowest BCUT2D eigenvalue weighted by molar-refractivity contribution is -0.384. The molecule has 0 saturated heterocycles. The van der Waals surface area contributed by atoms with Gasteiger partial charge in [0.2, 0.25) is 5.91 Å². The predicted octanol–water partition coefficient (Wildman–Crippen LogP) is 4.28. The summed E-state index contributed by atoms with van der Waals surface area (Å²) in [5, 5.41) is 13.7. The number of carbonyl (C=O) groups is 1. The normalized spacial score (nSPS) is 11.2. The Morgan fingerprint density at radius 2 is 1.84 bits per heavy atom. The number of fused-ring (bicyclic) bond motifs is 1. The number of ether oxygens (including phenoxy) is 2. The van der Waals surface area contributed by atoms with E-state index in [1.165, 1.54) is 50.6 Å². The molecule has 2 N–H and O–H groups in total. The zero-order valence-electron chi connectivity index (χ0n) is 19.5. The second-order valence-corrected chi connectivity index (χ2v) is 10.0. The highest BCUT2D eigenvalue weighted by Gasteiger charge is 2.18. The van der Waals surface area contributed by atoms with E-state index in [1.54, 1.807) is 24.3 Å². The van der Waals surface area contributed by atoms with Crippen molar-refractivity contribution in [3.8, 4) is 11.5 Å². The van der Waals surface area contributed by atoms with Crippen molar-refractivity contribution in [1.29, 1.82) is 0 Å². The summed E-state index contributed by atoms with van der Waals surface area (Å²) in [6, 6.07) is 14.5. The molecule has 0 aliphatic rings. The van der Waals surface area contributed by atoms with Crippen molar-refractivity contribution in [2.24, 2.45) is 0 Å². The maximum Gasteiger partial charge on any atom is 0.271 e. The van der Waals surface area contributed by atoms with Crippen LogP contribution in [0.1, 0.15) is 0 Å². The van der Waals surface area contributed by atoms with Crippen LogP contribution in [0.5, 0.6) is 11.5 Å². The summed E-state index contributed by atoms with van der Waals surface area (Å²) in [4.78, 5) is 27.1. The van der Waals surface area contributed by atoms with E-state index in [0.717, 1.165) is 11.8 Å². The molecule has 1 heterocycles. The van der Waals surface area contributed by atoms with E-state index in [1.807, 2.05) is 0 Å². The van der Waals surface area contributed by atoms with Gasteiger partial charge < -0.3 is 19.2 Å². The summed E-state index contributed by atoms with van der Waals surface area (Å²) < 4.78 is 43.9. The van der Waals surface area contributed by atoms with E-state index in [0.29, 0.717) is 22.5 Å². The Morgan fingerprint density at radius 3 is 2.51 bits per heavy atom. The van der Waals surface area contributed by atoms with Gasteiger partial charge in [-0.1, -0.05) is 11.8 Å². The van der Waals surface area contributed by atoms with Gasteiger partial charge in [0.15, 0.2) is 5.58 Å². The van der Waals surface area contributed by atoms with E-state index in [4.69, 9.17) is 13.9 Å². The van der Waals surface area contributed by atoms with E-state index in [2.05, 4.69) is 15.0 Å². The average molecular weight is 545 g/mol. The van der Waals surface area contributed by atoms with Gasteiger partial charge in [-0.25, -0.2) is 13.4 Å². The zero-order chi connectivity index (χ0) is 26.6. The number of nitro benzene ring substituents is 1. The Labute approximate surface area is 215 Å². The number of nitro groups is 1. The van der Waals surface area contributed by atoms with Crippen LogP contribution in [0, 0.1) is 10.1 Å². The third-order valence-corrected chi connectivity index (χ3v) is 7.19. The first-order chi connectivity index (χ1) is 17.7. The number of sulfonamides is 1. The SMILES string of the molecule is COc1ccc(NS(=O)(=O)c2ccc3oc(SCC(=O)Nc4cc([N+](=O)[O-])ccc4OC)nc3c2)cc1. The number of methoxy groups -OCH3 is 2. The van der Waals surface area contributed by atoms with Crippen molar-refractivity contribution >= 4 is 55.9 Å². The third-order valence-electron chi connectivity index (χ3n) is 4.99. The molecular weight excluding hydrogens is 524 g/mol. The van der Waals surface area contributed by atoms with Gasteiger partial charge in [0, 0.05) is 17.8 Å². The molecule has 0 aliphatic heterocycles. The number of hydrogen-bond donors (Lipinski definition) is 2.